The predicted octanol–water partition coefficient (Wildman–Crippen LogP) is 2.56. The van der Waals surface area contributed by atoms with Crippen LogP contribution >= 0.6 is 11.6 Å². The molecule has 126 valence electrons. The number of nitrogens with one attached hydrogen (secondary N) is 1. The zero-order valence-electron chi connectivity index (χ0n) is 13.0. The maximum Gasteiger partial charge on any atom is 0.257 e. The molecule has 7 nitrogen and oxygen atoms in total. The van der Waals surface area contributed by atoms with Gasteiger partial charge in [-0.3, -0.25) is 4.79 Å². The van der Waals surface area contributed by atoms with E-state index < -0.39 is 0 Å². The van der Waals surface area contributed by atoms with Crippen molar-refractivity contribution in [1.82, 2.24) is 9.97 Å². The van der Waals surface area contributed by atoms with Crippen LogP contribution in [0.5, 0.6) is 11.8 Å². The summed E-state index contributed by atoms with van der Waals surface area (Å²) < 4.78 is 15.9. The van der Waals surface area contributed by atoms with Crippen LogP contribution in [0.1, 0.15) is 16.8 Å². The molecule has 8 heteroatoms. The number of pyridine rings is 2. The van der Waals surface area contributed by atoms with Crippen molar-refractivity contribution in [2.45, 2.75) is 12.5 Å². The van der Waals surface area contributed by atoms with Gasteiger partial charge in [0.1, 0.15) is 11.1 Å². The highest BCUT2D eigenvalue weighted by Crippen LogP contribution is 2.25. The molecule has 2 aromatic rings. The molecular formula is C16H16ClN3O4. The van der Waals surface area contributed by atoms with Crippen molar-refractivity contribution in [3.8, 4) is 11.8 Å². The summed E-state index contributed by atoms with van der Waals surface area (Å²) in [7, 11) is 1.52. The molecule has 1 N–H and O–H groups in total. The zero-order valence-corrected chi connectivity index (χ0v) is 13.7. The first-order valence-corrected chi connectivity index (χ1v) is 7.75. The molecule has 1 aliphatic rings. The van der Waals surface area contributed by atoms with E-state index in [0.29, 0.717) is 36.2 Å². The van der Waals surface area contributed by atoms with E-state index in [1.54, 1.807) is 12.1 Å². The van der Waals surface area contributed by atoms with Crippen molar-refractivity contribution in [2.24, 2.45) is 0 Å². The molecule has 0 unspecified atom stereocenters. The van der Waals surface area contributed by atoms with E-state index in [9.17, 15) is 4.79 Å². The van der Waals surface area contributed by atoms with Crippen LogP contribution in [0, 0.1) is 0 Å². The van der Waals surface area contributed by atoms with Gasteiger partial charge in [-0.2, -0.15) is 0 Å². The van der Waals surface area contributed by atoms with Crippen molar-refractivity contribution in [3.05, 3.63) is 41.2 Å². The fourth-order valence-electron chi connectivity index (χ4n) is 2.18. The number of aromatic nitrogens is 2. The molecule has 24 heavy (non-hydrogen) atoms. The number of halogens is 1. The highest BCUT2D eigenvalue weighted by molar-refractivity contribution is 6.32. The Morgan fingerprint density at radius 2 is 2.25 bits per heavy atom. The first kappa shape index (κ1) is 16.5. The largest absolute Gasteiger partial charge is 0.481 e. The Hall–Kier alpha value is -2.38. The first-order chi connectivity index (χ1) is 11.7. The maximum absolute atomic E-state index is 12.2. The normalized spacial score (nSPS) is 16.7. The van der Waals surface area contributed by atoms with Gasteiger partial charge in [-0.15, -0.1) is 0 Å². The molecule has 1 amide bonds. The third-order valence-electron chi connectivity index (χ3n) is 3.44. The van der Waals surface area contributed by atoms with Gasteiger partial charge in [0.2, 0.25) is 11.8 Å². The van der Waals surface area contributed by atoms with E-state index in [-0.39, 0.29) is 17.0 Å². The summed E-state index contributed by atoms with van der Waals surface area (Å²) in [4.78, 5) is 20.4. The number of rotatable bonds is 5. The molecule has 0 bridgehead atoms. The summed E-state index contributed by atoms with van der Waals surface area (Å²) in [6, 6.07) is 4.86. The van der Waals surface area contributed by atoms with Gasteiger partial charge in [0.05, 0.1) is 37.8 Å². The van der Waals surface area contributed by atoms with E-state index in [0.717, 1.165) is 6.42 Å². The lowest BCUT2D eigenvalue weighted by molar-refractivity contribution is 0.102. The van der Waals surface area contributed by atoms with Crippen molar-refractivity contribution >= 4 is 23.2 Å². The zero-order chi connectivity index (χ0) is 16.9. The molecule has 1 atom stereocenters. The van der Waals surface area contributed by atoms with Gasteiger partial charge in [0.25, 0.3) is 5.91 Å². The second kappa shape index (κ2) is 7.46. The highest BCUT2D eigenvalue weighted by atomic mass is 35.5. The summed E-state index contributed by atoms with van der Waals surface area (Å²) in [5.41, 5.74) is 0.867. The van der Waals surface area contributed by atoms with Gasteiger partial charge < -0.3 is 19.5 Å². The number of nitrogens with zero attached hydrogens (tertiary/aromatic N) is 2. The third-order valence-corrected chi connectivity index (χ3v) is 3.71. The Bertz CT molecular complexity index is 718. The van der Waals surface area contributed by atoms with Gasteiger partial charge >= 0.3 is 0 Å². The Morgan fingerprint density at radius 1 is 1.38 bits per heavy atom. The Morgan fingerprint density at radius 3 is 2.88 bits per heavy atom. The van der Waals surface area contributed by atoms with Crippen LogP contribution in [0.2, 0.25) is 5.02 Å². The third kappa shape index (κ3) is 3.93. The van der Waals surface area contributed by atoms with Crippen LogP contribution in [0.3, 0.4) is 0 Å². The monoisotopic (exact) mass is 349 g/mol. The lowest BCUT2D eigenvalue weighted by Gasteiger charge is -2.12. The lowest BCUT2D eigenvalue weighted by Crippen LogP contribution is -2.17. The molecule has 1 fully saturated rings. The number of ether oxygens (including phenoxy) is 3. The minimum absolute atomic E-state index is 0.0555. The summed E-state index contributed by atoms with van der Waals surface area (Å²) >= 11 is 6.16. The van der Waals surface area contributed by atoms with Crippen molar-refractivity contribution < 1.29 is 19.0 Å². The number of hydrogen-bond donors (Lipinski definition) is 1. The minimum atomic E-state index is -0.341. The molecule has 0 aromatic carbocycles. The summed E-state index contributed by atoms with van der Waals surface area (Å²) in [5.74, 6) is 0.428. The Balaban J connectivity index is 1.66. The molecule has 0 aliphatic carbocycles. The summed E-state index contributed by atoms with van der Waals surface area (Å²) in [6.07, 6.45) is 3.66. The average Bonchev–Trinajstić information content (AvgIpc) is 3.10. The fourth-order valence-corrected chi connectivity index (χ4v) is 2.39. The summed E-state index contributed by atoms with van der Waals surface area (Å²) in [5, 5.41) is 2.99. The van der Waals surface area contributed by atoms with Crippen molar-refractivity contribution in [2.75, 3.05) is 25.6 Å². The number of methoxy groups -OCH3 is 1. The molecule has 0 saturated carbocycles. The Labute approximate surface area is 143 Å². The minimum Gasteiger partial charge on any atom is -0.481 e. The van der Waals surface area contributed by atoms with Gasteiger partial charge in [-0.25, -0.2) is 9.97 Å². The van der Waals surface area contributed by atoms with E-state index in [1.165, 1.54) is 25.6 Å². The maximum atomic E-state index is 12.2. The van der Waals surface area contributed by atoms with Crippen LogP contribution in [-0.4, -0.2) is 42.3 Å². The molecule has 2 aromatic heterocycles. The standard InChI is InChI=1S/C16H16ClN3O4/c1-22-14-3-2-11(8-18-14)20-15(21)10-6-13(17)16(19-7-10)24-12-4-5-23-9-12/h2-3,6-8,12H,4-5,9H2,1H3,(H,20,21)/t12-/m0/s1. The van der Waals surface area contributed by atoms with Crippen molar-refractivity contribution in [1.29, 1.82) is 0 Å². The number of anilines is 1. The highest BCUT2D eigenvalue weighted by Gasteiger charge is 2.20. The topological polar surface area (TPSA) is 82.6 Å². The molecule has 3 heterocycles. The van der Waals surface area contributed by atoms with E-state index >= 15 is 0 Å². The van der Waals surface area contributed by atoms with Gasteiger partial charge in [0.15, 0.2) is 0 Å². The smallest absolute Gasteiger partial charge is 0.257 e. The van der Waals surface area contributed by atoms with Crippen LogP contribution < -0.4 is 14.8 Å². The molecule has 0 radical (unpaired) electrons. The first-order valence-electron chi connectivity index (χ1n) is 7.37. The van der Waals surface area contributed by atoms with E-state index in [1.807, 2.05) is 0 Å². The quantitative estimate of drug-likeness (QED) is 0.893. The number of carbonyl (C=O) groups excluding carboxylic acids is 1. The van der Waals surface area contributed by atoms with Crippen LogP contribution in [0.4, 0.5) is 5.69 Å². The van der Waals surface area contributed by atoms with Crippen molar-refractivity contribution in [3.63, 3.8) is 0 Å². The molecule has 3 rings (SSSR count). The van der Waals surface area contributed by atoms with E-state index in [4.69, 9.17) is 25.8 Å². The van der Waals surface area contributed by atoms with Crippen LogP contribution in [0.25, 0.3) is 0 Å². The molecule has 1 saturated heterocycles. The SMILES string of the molecule is COc1ccc(NC(=O)c2cnc(O[C@H]3CCOC3)c(Cl)c2)cn1. The lowest BCUT2D eigenvalue weighted by atomic mass is 10.2. The summed E-state index contributed by atoms with van der Waals surface area (Å²) in [6.45, 7) is 1.18. The fraction of sp³-hybridized carbons (Fsp3) is 0.312. The van der Waals surface area contributed by atoms with Crippen LogP contribution in [-0.2, 0) is 4.74 Å². The second-order valence-corrected chi connectivity index (χ2v) is 5.56. The average molecular weight is 350 g/mol. The van der Waals surface area contributed by atoms with E-state index in [2.05, 4.69) is 15.3 Å². The Kier molecular flexibility index (Phi) is 5.12. The number of amides is 1. The second-order valence-electron chi connectivity index (χ2n) is 5.16. The van der Waals surface area contributed by atoms with Gasteiger partial charge in [-0.05, 0) is 12.1 Å². The number of carbonyl (C=O) groups is 1. The molecular weight excluding hydrogens is 334 g/mol. The van der Waals surface area contributed by atoms with Gasteiger partial charge in [0, 0.05) is 18.7 Å². The molecule has 1 aliphatic heterocycles. The molecule has 0 spiro atoms. The van der Waals surface area contributed by atoms with Gasteiger partial charge in [-0.1, -0.05) is 11.6 Å². The number of hydrogen-bond acceptors (Lipinski definition) is 6. The predicted molar refractivity (Wildman–Crippen MR) is 87.8 cm³/mol. The van der Waals surface area contributed by atoms with Crippen LogP contribution in [0.15, 0.2) is 30.6 Å².